The molecule has 2 N–H and O–H groups in total. The second-order valence-corrected chi connectivity index (χ2v) is 6.40. The van der Waals surface area contributed by atoms with Gasteiger partial charge in [-0.3, -0.25) is 9.59 Å². The molecule has 1 aromatic heterocycles. The van der Waals surface area contributed by atoms with Crippen molar-refractivity contribution in [3.63, 3.8) is 0 Å². The van der Waals surface area contributed by atoms with Crippen LogP contribution >= 0.6 is 0 Å². The molecular weight excluding hydrogens is 371 g/mol. The number of nitrogens with one attached hydrogen (secondary N) is 2. The molecule has 4 rings (SSSR count). The van der Waals surface area contributed by atoms with E-state index in [1.54, 1.807) is 60.7 Å². The molecule has 29 heavy (non-hydrogen) atoms. The first kappa shape index (κ1) is 18.4. The summed E-state index contributed by atoms with van der Waals surface area (Å²) in [5, 5.41) is 3.15. The maximum absolute atomic E-state index is 14.7. The number of fused-ring (bicyclic) bond motifs is 1. The predicted molar refractivity (Wildman–Crippen MR) is 111 cm³/mol. The Labute approximate surface area is 165 Å². The summed E-state index contributed by atoms with van der Waals surface area (Å²) in [5.41, 5.74) is 1.40. The van der Waals surface area contributed by atoms with Crippen LogP contribution in [0.25, 0.3) is 22.0 Å². The zero-order valence-corrected chi connectivity index (χ0v) is 15.5. The van der Waals surface area contributed by atoms with Gasteiger partial charge < -0.3 is 15.0 Å². The second kappa shape index (κ2) is 7.59. The Balaban J connectivity index is 1.74. The molecule has 0 saturated carbocycles. The van der Waals surface area contributed by atoms with E-state index in [2.05, 4.69) is 10.3 Å². The first-order chi connectivity index (χ1) is 14.1. The molecule has 1 amide bonds. The van der Waals surface area contributed by atoms with Crippen LogP contribution in [0.1, 0.15) is 10.4 Å². The highest BCUT2D eigenvalue weighted by Crippen LogP contribution is 2.33. The highest BCUT2D eigenvalue weighted by atomic mass is 19.1. The molecule has 0 fully saturated rings. The monoisotopic (exact) mass is 388 g/mol. The van der Waals surface area contributed by atoms with Crippen molar-refractivity contribution in [3.05, 3.63) is 94.5 Å². The molecule has 0 spiro atoms. The third kappa shape index (κ3) is 3.36. The minimum absolute atomic E-state index is 0.0235. The minimum atomic E-state index is -0.576. The zero-order valence-electron chi connectivity index (χ0n) is 15.5. The summed E-state index contributed by atoms with van der Waals surface area (Å²) in [5.74, 6) is -0.998. The Morgan fingerprint density at radius 1 is 0.966 bits per heavy atom. The predicted octanol–water partition coefficient (Wildman–Crippen LogP) is 4.60. The van der Waals surface area contributed by atoms with Gasteiger partial charge in [0.05, 0.1) is 7.11 Å². The number of benzene rings is 3. The number of halogens is 1. The molecule has 0 aliphatic carbocycles. The lowest BCUT2D eigenvalue weighted by molar-refractivity contribution is 0.102. The lowest BCUT2D eigenvalue weighted by atomic mass is 10.0. The number of carbonyl (C=O) groups is 1. The van der Waals surface area contributed by atoms with Gasteiger partial charge in [0.25, 0.3) is 5.91 Å². The molecule has 1 heterocycles. The molecule has 0 aliphatic rings. The lowest BCUT2D eigenvalue weighted by Crippen LogP contribution is -2.22. The number of amides is 1. The molecule has 0 radical (unpaired) electrons. The van der Waals surface area contributed by atoms with Crippen LogP contribution in [0.4, 0.5) is 10.1 Å². The fraction of sp³-hybridized carbons (Fsp3) is 0.0435. The number of pyridine rings is 1. The van der Waals surface area contributed by atoms with Crippen molar-refractivity contribution in [1.82, 2.24) is 4.98 Å². The first-order valence-electron chi connectivity index (χ1n) is 8.94. The van der Waals surface area contributed by atoms with Crippen molar-refractivity contribution >= 4 is 22.5 Å². The number of rotatable bonds is 4. The summed E-state index contributed by atoms with van der Waals surface area (Å²) in [7, 11) is 1.39. The van der Waals surface area contributed by atoms with Crippen LogP contribution < -0.4 is 15.5 Å². The second-order valence-electron chi connectivity index (χ2n) is 6.40. The van der Waals surface area contributed by atoms with Crippen molar-refractivity contribution in [3.8, 4) is 16.9 Å². The molecule has 144 valence electrons. The Hall–Kier alpha value is -3.93. The summed E-state index contributed by atoms with van der Waals surface area (Å²) in [6.45, 7) is 0. The quantitative estimate of drug-likeness (QED) is 0.537. The van der Waals surface area contributed by atoms with Crippen LogP contribution in [0.3, 0.4) is 0 Å². The number of hydrogen-bond donors (Lipinski definition) is 2. The van der Waals surface area contributed by atoms with Crippen LogP contribution in [-0.2, 0) is 0 Å². The van der Waals surface area contributed by atoms with E-state index in [9.17, 15) is 14.0 Å². The van der Waals surface area contributed by atoms with Crippen LogP contribution in [0.5, 0.6) is 5.75 Å². The van der Waals surface area contributed by atoms with Gasteiger partial charge in [-0.1, -0.05) is 42.5 Å². The summed E-state index contributed by atoms with van der Waals surface area (Å²) in [6, 6.07) is 18.6. The van der Waals surface area contributed by atoms with Crippen LogP contribution in [0, 0.1) is 5.82 Å². The van der Waals surface area contributed by atoms with Crippen molar-refractivity contribution < 1.29 is 13.9 Å². The molecule has 0 atom stereocenters. The molecular formula is C23H17FN2O3. The van der Waals surface area contributed by atoms with Crippen LogP contribution in [-0.4, -0.2) is 18.0 Å². The SMILES string of the molecule is COc1cccc(-c2ccccc2NC(=O)c2c[nH]c3ccccc3c2=O)c1F. The van der Waals surface area contributed by atoms with Gasteiger partial charge in [-0.2, -0.15) is 0 Å². The van der Waals surface area contributed by atoms with Gasteiger partial charge in [0.2, 0.25) is 5.43 Å². The zero-order chi connectivity index (χ0) is 20.4. The first-order valence-corrected chi connectivity index (χ1v) is 8.94. The summed E-state index contributed by atoms with van der Waals surface area (Å²) < 4.78 is 19.8. The maximum atomic E-state index is 14.7. The fourth-order valence-electron chi connectivity index (χ4n) is 3.23. The molecule has 0 saturated heterocycles. The van der Waals surface area contributed by atoms with E-state index in [1.807, 2.05) is 0 Å². The lowest BCUT2D eigenvalue weighted by Gasteiger charge is -2.13. The third-order valence-corrected chi connectivity index (χ3v) is 4.68. The topological polar surface area (TPSA) is 71.2 Å². The number of para-hydroxylation sites is 2. The summed E-state index contributed by atoms with van der Waals surface area (Å²) >= 11 is 0. The highest BCUT2D eigenvalue weighted by Gasteiger charge is 2.17. The number of aromatic amines is 1. The number of ether oxygens (including phenoxy) is 1. The van der Waals surface area contributed by atoms with E-state index in [4.69, 9.17) is 4.74 Å². The summed E-state index contributed by atoms with van der Waals surface area (Å²) in [4.78, 5) is 28.5. The van der Waals surface area contributed by atoms with E-state index in [-0.39, 0.29) is 22.3 Å². The Kier molecular flexibility index (Phi) is 4.83. The van der Waals surface area contributed by atoms with Gasteiger partial charge in [0.1, 0.15) is 5.56 Å². The van der Waals surface area contributed by atoms with Crippen molar-refractivity contribution in [2.24, 2.45) is 0 Å². The van der Waals surface area contributed by atoms with Gasteiger partial charge >= 0.3 is 0 Å². The minimum Gasteiger partial charge on any atom is -0.494 e. The van der Waals surface area contributed by atoms with E-state index >= 15 is 0 Å². The average molecular weight is 388 g/mol. The van der Waals surface area contributed by atoms with E-state index in [0.29, 0.717) is 22.2 Å². The molecule has 6 heteroatoms. The molecule has 0 unspecified atom stereocenters. The molecule has 5 nitrogen and oxygen atoms in total. The average Bonchev–Trinajstić information content (AvgIpc) is 2.75. The van der Waals surface area contributed by atoms with E-state index in [1.165, 1.54) is 19.4 Å². The van der Waals surface area contributed by atoms with Crippen molar-refractivity contribution in [1.29, 1.82) is 0 Å². The largest absolute Gasteiger partial charge is 0.494 e. The van der Waals surface area contributed by atoms with Gasteiger partial charge in [-0.25, -0.2) is 4.39 Å². The number of methoxy groups -OCH3 is 1. The Bertz CT molecular complexity index is 1280. The third-order valence-electron chi connectivity index (χ3n) is 4.68. The number of H-pyrrole nitrogens is 1. The normalized spacial score (nSPS) is 10.7. The molecule has 0 bridgehead atoms. The van der Waals surface area contributed by atoms with E-state index in [0.717, 1.165) is 0 Å². The summed E-state index contributed by atoms with van der Waals surface area (Å²) in [6.07, 6.45) is 1.38. The van der Waals surface area contributed by atoms with Crippen molar-refractivity contribution in [2.75, 3.05) is 12.4 Å². The van der Waals surface area contributed by atoms with Gasteiger partial charge in [-0.05, 0) is 24.3 Å². The molecule has 4 aromatic rings. The van der Waals surface area contributed by atoms with E-state index < -0.39 is 11.7 Å². The van der Waals surface area contributed by atoms with Gasteiger partial charge in [-0.15, -0.1) is 0 Å². The maximum Gasteiger partial charge on any atom is 0.261 e. The van der Waals surface area contributed by atoms with Crippen LogP contribution in [0.15, 0.2) is 77.7 Å². The Morgan fingerprint density at radius 3 is 2.52 bits per heavy atom. The molecule has 3 aromatic carbocycles. The standard InChI is InChI=1S/C23H17FN2O3/c1-29-20-12-6-9-15(21(20)24)14-7-2-5-11-19(14)26-23(28)17-13-25-18-10-4-3-8-16(18)22(17)27/h2-13H,1H3,(H,25,27)(H,26,28). The smallest absolute Gasteiger partial charge is 0.261 e. The Morgan fingerprint density at radius 2 is 1.69 bits per heavy atom. The van der Waals surface area contributed by atoms with Crippen molar-refractivity contribution in [2.45, 2.75) is 0 Å². The number of aromatic nitrogens is 1. The van der Waals surface area contributed by atoms with Gasteiger partial charge in [0.15, 0.2) is 11.6 Å². The number of carbonyl (C=O) groups excluding carboxylic acids is 1. The van der Waals surface area contributed by atoms with Crippen LogP contribution in [0.2, 0.25) is 0 Å². The molecule has 0 aliphatic heterocycles. The number of anilines is 1. The fourth-order valence-corrected chi connectivity index (χ4v) is 3.23. The van der Waals surface area contributed by atoms with Gasteiger partial charge in [0, 0.05) is 33.9 Å². The highest BCUT2D eigenvalue weighted by molar-refractivity contribution is 6.07. The number of hydrogen-bond acceptors (Lipinski definition) is 3.